The highest BCUT2D eigenvalue weighted by atomic mass is 32.2. The third-order valence-electron chi connectivity index (χ3n) is 6.41. The van der Waals surface area contributed by atoms with Crippen molar-refractivity contribution < 1.29 is 23.7 Å². The third kappa shape index (κ3) is 9.27. The molecule has 0 saturated carbocycles. The van der Waals surface area contributed by atoms with Gasteiger partial charge in [0.2, 0.25) is 27.9 Å². The van der Waals surface area contributed by atoms with Crippen LogP contribution in [0.3, 0.4) is 0 Å². The van der Waals surface area contributed by atoms with Crippen molar-refractivity contribution in [2.75, 3.05) is 29.0 Å². The van der Waals surface area contributed by atoms with Crippen LogP contribution < -0.4 is 21.1 Å². The molecular formula is C31H31N13O5S. The Morgan fingerprint density at radius 3 is 1.76 bits per heavy atom. The molecule has 8 N–H and O–H groups in total. The number of nitrogens with zero attached hydrogens (tertiary/aromatic N) is 9. The first kappa shape index (κ1) is 34.7. The Hall–Kier alpha value is -6.60. The maximum atomic E-state index is 11.6. The molecule has 0 aliphatic rings. The molecule has 0 fully saturated rings. The van der Waals surface area contributed by atoms with Crippen LogP contribution in [0, 0.1) is 0 Å². The number of nitrogens with two attached hydrogens (primary N) is 1. The lowest BCUT2D eigenvalue weighted by atomic mass is 10.2. The van der Waals surface area contributed by atoms with Crippen molar-refractivity contribution in [1.29, 1.82) is 0 Å². The van der Waals surface area contributed by atoms with Crippen LogP contribution >= 0.6 is 0 Å². The van der Waals surface area contributed by atoms with E-state index in [0.717, 1.165) is 18.2 Å². The van der Waals surface area contributed by atoms with E-state index in [1.165, 1.54) is 12.1 Å². The molecular weight excluding hydrogens is 666 g/mol. The molecule has 18 nitrogen and oxygen atoms in total. The van der Waals surface area contributed by atoms with Crippen molar-refractivity contribution in [2.45, 2.75) is 18.7 Å². The van der Waals surface area contributed by atoms with Gasteiger partial charge in [0, 0.05) is 30.9 Å². The fourth-order valence-electron chi connectivity index (χ4n) is 4.11. The van der Waals surface area contributed by atoms with Gasteiger partial charge < -0.3 is 31.3 Å². The van der Waals surface area contributed by atoms with Crippen LogP contribution in [0.1, 0.15) is 13.8 Å². The summed E-state index contributed by atoms with van der Waals surface area (Å²) in [6.45, 7) is 5.22. The Morgan fingerprint density at radius 1 is 0.620 bits per heavy atom. The minimum Gasteiger partial charge on any atom is -0.506 e. The number of rotatable bonds is 13. The van der Waals surface area contributed by atoms with Gasteiger partial charge in [0.15, 0.2) is 5.69 Å². The molecule has 0 radical (unpaired) electrons. The average Bonchev–Trinajstić information content (AvgIpc) is 3.07. The Kier molecular flexibility index (Phi) is 10.8. The van der Waals surface area contributed by atoms with Crippen LogP contribution in [-0.2, 0) is 10.0 Å². The van der Waals surface area contributed by atoms with Crippen LogP contribution in [0.4, 0.5) is 57.7 Å². The first-order valence-corrected chi connectivity index (χ1v) is 16.4. The number of aromatic hydroxyl groups is 3. The van der Waals surface area contributed by atoms with E-state index in [2.05, 4.69) is 61.6 Å². The smallest absolute Gasteiger partial charge is 0.238 e. The van der Waals surface area contributed by atoms with E-state index in [1.807, 2.05) is 26.0 Å². The van der Waals surface area contributed by atoms with Crippen LogP contribution in [-0.4, -0.2) is 51.8 Å². The average molecular weight is 698 g/mol. The molecule has 5 aromatic rings. The SMILES string of the molecule is CCNc1nc(NCC)nc(Nc2cccc(N=Nc3ccc(N=Nc4cc(O)c(N=Nc5cc(S(N)(=O)=O)ccc5O)c(O)c4)cc3)c2)n1. The highest BCUT2D eigenvalue weighted by molar-refractivity contribution is 7.89. The van der Waals surface area contributed by atoms with Crippen molar-refractivity contribution in [1.82, 2.24) is 15.0 Å². The first-order chi connectivity index (χ1) is 24.0. The van der Waals surface area contributed by atoms with Crippen molar-refractivity contribution in [3.63, 3.8) is 0 Å². The topological polar surface area (TPSA) is 270 Å². The lowest BCUT2D eigenvalue weighted by Crippen LogP contribution is -2.11. The standard InChI is InChI=1S/C31H31N13O5S/c1-3-33-29-36-30(34-4-2)38-31(37-29)35-20-6-5-7-21(14-20)41-39-18-8-10-19(11-9-18)40-42-22-15-26(46)28(27(47)16-22)44-43-24-17-23(50(32,48)49)12-13-25(24)45/h5-17,45-47H,3-4H2,1-2H3,(H2,32,48,49)(H3,33,34,35,36,37,38). The highest BCUT2D eigenvalue weighted by Crippen LogP contribution is 2.42. The van der Waals surface area contributed by atoms with Crippen molar-refractivity contribution >= 4 is 67.7 Å². The van der Waals surface area contributed by atoms with Crippen LogP contribution in [0.15, 0.2) is 114 Å². The summed E-state index contributed by atoms with van der Waals surface area (Å²) in [5.74, 6) is -0.122. The summed E-state index contributed by atoms with van der Waals surface area (Å²) < 4.78 is 23.2. The molecule has 0 spiro atoms. The fourth-order valence-corrected chi connectivity index (χ4v) is 4.65. The van der Waals surface area contributed by atoms with Gasteiger partial charge in [-0.2, -0.15) is 35.4 Å². The molecule has 50 heavy (non-hydrogen) atoms. The summed E-state index contributed by atoms with van der Waals surface area (Å²) in [6.07, 6.45) is 0. The number of azo groups is 3. The van der Waals surface area contributed by atoms with Crippen LogP contribution in [0.25, 0.3) is 0 Å². The number of anilines is 4. The van der Waals surface area contributed by atoms with Gasteiger partial charge in [-0.15, -0.1) is 10.2 Å². The monoisotopic (exact) mass is 697 g/mol. The van der Waals surface area contributed by atoms with Gasteiger partial charge in [0.25, 0.3) is 0 Å². The second-order valence-electron chi connectivity index (χ2n) is 10.2. The second kappa shape index (κ2) is 15.5. The molecule has 0 atom stereocenters. The first-order valence-electron chi connectivity index (χ1n) is 14.9. The van der Waals surface area contributed by atoms with E-state index >= 15 is 0 Å². The maximum Gasteiger partial charge on any atom is 0.238 e. The lowest BCUT2D eigenvalue weighted by molar-refractivity contribution is 0.452. The number of hydrogen-bond acceptors (Lipinski definition) is 17. The predicted octanol–water partition coefficient (Wildman–Crippen LogP) is 7.49. The molecule has 0 unspecified atom stereocenters. The Balaban J connectivity index is 1.23. The second-order valence-corrected chi connectivity index (χ2v) is 11.7. The minimum atomic E-state index is -4.06. The van der Waals surface area contributed by atoms with Gasteiger partial charge in [-0.25, -0.2) is 13.6 Å². The number of primary sulfonamides is 1. The predicted molar refractivity (Wildman–Crippen MR) is 186 cm³/mol. The number of hydrogen-bond donors (Lipinski definition) is 7. The molecule has 1 heterocycles. The van der Waals surface area contributed by atoms with Gasteiger partial charge in [-0.1, -0.05) is 6.07 Å². The lowest BCUT2D eigenvalue weighted by Gasteiger charge is -2.10. The number of nitrogens with one attached hydrogen (secondary N) is 3. The van der Waals surface area contributed by atoms with Gasteiger partial charge in [0.1, 0.15) is 22.9 Å². The van der Waals surface area contributed by atoms with E-state index in [0.29, 0.717) is 53.7 Å². The van der Waals surface area contributed by atoms with Crippen molar-refractivity contribution in [3.05, 3.63) is 78.9 Å². The highest BCUT2D eigenvalue weighted by Gasteiger charge is 2.13. The molecule has 19 heteroatoms. The molecule has 4 aromatic carbocycles. The summed E-state index contributed by atoms with van der Waals surface area (Å²) in [4.78, 5) is 12.8. The quantitative estimate of drug-likeness (QED) is 0.0592. The molecule has 0 aliphatic heterocycles. The molecule has 0 amide bonds. The number of sulfonamides is 1. The van der Waals surface area contributed by atoms with E-state index in [-0.39, 0.29) is 22.0 Å². The van der Waals surface area contributed by atoms with Gasteiger partial charge in [0.05, 0.1) is 27.6 Å². The summed E-state index contributed by atoms with van der Waals surface area (Å²) >= 11 is 0. The number of phenolic OH excluding ortho intramolecular Hbond substituents is 3. The largest absolute Gasteiger partial charge is 0.506 e. The molecule has 1 aromatic heterocycles. The minimum absolute atomic E-state index is 0.100. The zero-order valence-electron chi connectivity index (χ0n) is 26.6. The Bertz CT molecular complexity index is 2150. The fraction of sp³-hybridized carbons (Fsp3) is 0.129. The third-order valence-corrected chi connectivity index (χ3v) is 7.32. The summed E-state index contributed by atoms with van der Waals surface area (Å²) in [5.41, 5.74) is 1.80. The van der Waals surface area contributed by atoms with E-state index in [9.17, 15) is 23.7 Å². The van der Waals surface area contributed by atoms with Gasteiger partial charge in [-0.05, 0) is 74.5 Å². The van der Waals surface area contributed by atoms with E-state index in [4.69, 9.17) is 5.14 Å². The summed E-state index contributed by atoms with van der Waals surface area (Å²) in [7, 11) is -4.06. The van der Waals surface area contributed by atoms with Crippen LogP contribution in [0.2, 0.25) is 0 Å². The normalized spacial score (nSPS) is 11.8. The number of phenols is 3. The molecule has 256 valence electrons. The molecule has 0 saturated heterocycles. The number of aromatic nitrogens is 3. The zero-order valence-corrected chi connectivity index (χ0v) is 27.4. The van der Waals surface area contributed by atoms with Gasteiger partial charge in [-0.3, -0.25) is 0 Å². The summed E-state index contributed by atoms with van der Waals surface area (Å²) in [5, 5.41) is 69.4. The van der Waals surface area contributed by atoms with Crippen LogP contribution in [0.5, 0.6) is 17.2 Å². The van der Waals surface area contributed by atoms with Gasteiger partial charge >= 0.3 is 0 Å². The zero-order chi connectivity index (χ0) is 35.7. The molecule has 5 rings (SSSR count). The molecule has 0 aliphatic carbocycles. The molecule has 0 bridgehead atoms. The van der Waals surface area contributed by atoms with Crippen molar-refractivity contribution in [2.24, 2.45) is 35.8 Å². The van der Waals surface area contributed by atoms with E-state index < -0.39 is 27.3 Å². The maximum absolute atomic E-state index is 11.6. The summed E-state index contributed by atoms with van der Waals surface area (Å²) in [6, 6.07) is 19.5. The number of benzene rings is 4. The Labute approximate surface area is 285 Å². The van der Waals surface area contributed by atoms with E-state index in [1.54, 1.807) is 36.4 Å². The Morgan fingerprint density at radius 2 is 1.18 bits per heavy atom. The van der Waals surface area contributed by atoms with Crippen molar-refractivity contribution in [3.8, 4) is 17.2 Å².